The maximum absolute atomic E-state index is 13.3. The Bertz CT molecular complexity index is 333. The Kier molecular flexibility index (Phi) is 2.15. The van der Waals surface area contributed by atoms with Gasteiger partial charge in [0.2, 0.25) is 0 Å². The third-order valence-corrected chi connectivity index (χ3v) is 2.37. The lowest BCUT2D eigenvalue weighted by Gasteiger charge is -2.09. The minimum absolute atomic E-state index is 0.0381. The molecule has 1 aromatic rings. The second kappa shape index (κ2) is 3.30. The highest BCUT2D eigenvalue weighted by Crippen LogP contribution is 2.29. The quantitative estimate of drug-likeness (QED) is 0.654. The topological polar surface area (TPSA) is 20.2 Å². The normalized spacial score (nSPS) is 26.6. The van der Waals surface area contributed by atoms with E-state index >= 15 is 0 Å². The summed E-state index contributed by atoms with van der Waals surface area (Å²) in [7, 11) is 0. The Morgan fingerprint density at radius 2 is 2.00 bits per heavy atom. The van der Waals surface area contributed by atoms with Crippen LogP contribution in [0.5, 0.6) is 0 Å². The average Bonchev–Trinajstić information content (AvgIpc) is 2.53. The van der Waals surface area contributed by atoms with Crippen LogP contribution in [0.1, 0.15) is 17.9 Å². The van der Waals surface area contributed by atoms with E-state index in [-0.39, 0.29) is 11.7 Å². The van der Waals surface area contributed by atoms with Crippen LogP contribution in [0.15, 0.2) is 36.4 Å². The lowest BCUT2D eigenvalue weighted by atomic mass is 9.98. The van der Waals surface area contributed by atoms with Crippen molar-refractivity contribution >= 4 is 0 Å². The van der Waals surface area contributed by atoms with Crippen LogP contribution >= 0.6 is 0 Å². The van der Waals surface area contributed by atoms with E-state index in [1.54, 1.807) is 18.2 Å². The molecule has 0 aliphatic heterocycles. The molecule has 1 aliphatic rings. The number of benzene rings is 1. The van der Waals surface area contributed by atoms with E-state index in [0.29, 0.717) is 12.0 Å². The first-order valence-corrected chi connectivity index (χ1v) is 4.38. The summed E-state index contributed by atoms with van der Waals surface area (Å²) in [6.07, 6.45) is 3.77. The molecule has 1 aromatic carbocycles. The molecule has 0 heterocycles. The fourth-order valence-electron chi connectivity index (χ4n) is 1.69. The third kappa shape index (κ3) is 1.63. The first-order valence-electron chi connectivity index (χ1n) is 4.38. The minimum atomic E-state index is -0.412. The van der Waals surface area contributed by atoms with E-state index in [1.165, 1.54) is 6.07 Å². The molecule has 0 aromatic heterocycles. The molecule has 0 spiro atoms. The number of hydrogen-bond donors (Lipinski definition) is 1. The van der Waals surface area contributed by atoms with Gasteiger partial charge in [-0.05, 0) is 18.1 Å². The van der Waals surface area contributed by atoms with Gasteiger partial charge in [0.05, 0.1) is 6.10 Å². The van der Waals surface area contributed by atoms with Gasteiger partial charge in [0, 0.05) is 5.92 Å². The van der Waals surface area contributed by atoms with Crippen LogP contribution in [-0.2, 0) is 0 Å². The summed E-state index contributed by atoms with van der Waals surface area (Å²) in [6.45, 7) is 0. The highest BCUT2D eigenvalue weighted by Gasteiger charge is 2.20. The number of allylic oxidation sites excluding steroid dienone is 1. The van der Waals surface area contributed by atoms with Crippen LogP contribution in [0.3, 0.4) is 0 Å². The van der Waals surface area contributed by atoms with Crippen molar-refractivity contribution in [2.75, 3.05) is 0 Å². The standard InChI is InChI=1S/C11H11FO/c12-11-4-2-1-3-10(11)8-5-6-9(13)7-8/h1-6,8-9,13H,7H2/t8-,9-/m1/s1. The van der Waals surface area contributed by atoms with Crippen LogP contribution in [-0.4, -0.2) is 11.2 Å². The van der Waals surface area contributed by atoms with Crippen LogP contribution < -0.4 is 0 Å². The summed E-state index contributed by atoms with van der Waals surface area (Å²) in [5.41, 5.74) is 0.676. The van der Waals surface area contributed by atoms with E-state index in [9.17, 15) is 9.50 Å². The van der Waals surface area contributed by atoms with Gasteiger partial charge in [-0.3, -0.25) is 0 Å². The van der Waals surface area contributed by atoms with E-state index < -0.39 is 6.10 Å². The number of hydrogen-bond acceptors (Lipinski definition) is 1. The van der Waals surface area contributed by atoms with Gasteiger partial charge in [0.1, 0.15) is 5.82 Å². The molecular weight excluding hydrogens is 167 g/mol. The Morgan fingerprint density at radius 1 is 1.23 bits per heavy atom. The SMILES string of the molecule is O[C@@H]1C=C[C@@H](c2ccccc2F)C1. The summed E-state index contributed by atoms with van der Waals surface area (Å²) in [4.78, 5) is 0. The molecule has 68 valence electrons. The predicted molar refractivity (Wildman–Crippen MR) is 48.9 cm³/mol. The van der Waals surface area contributed by atoms with Gasteiger partial charge in [-0.15, -0.1) is 0 Å². The number of aliphatic hydroxyl groups excluding tert-OH is 1. The predicted octanol–water partition coefficient (Wildman–Crippen LogP) is 2.23. The largest absolute Gasteiger partial charge is 0.389 e. The molecule has 13 heavy (non-hydrogen) atoms. The summed E-state index contributed by atoms with van der Waals surface area (Å²) in [5.74, 6) is -0.151. The maximum atomic E-state index is 13.3. The molecule has 0 saturated heterocycles. The zero-order valence-electron chi connectivity index (χ0n) is 7.15. The molecule has 0 saturated carbocycles. The first kappa shape index (κ1) is 8.45. The van der Waals surface area contributed by atoms with E-state index in [4.69, 9.17) is 0 Å². The molecule has 1 N–H and O–H groups in total. The number of aliphatic hydroxyl groups is 1. The van der Waals surface area contributed by atoms with Gasteiger partial charge < -0.3 is 5.11 Å². The van der Waals surface area contributed by atoms with Gasteiger partial charge in [-0.25, -0.2) is 4.39 Å². The van der Waals surface area contributed by atoms with Crippen molar-refractivity contribution in [3.8, 4) is 0 Å². The van der Waals surface area contributed by atoms with Crippen molar-refractivity contribution in [3.63, 3.8) is 0 Å². The van der Waals surface area contributed by atoms with Gasteiger partial charge in [0.25, 0.3) is 0 Å². The average molecular weight is 178 g/mol. The van der Waals surface area contributed by atoms with Gasteiger partial charge in [-0.1, -0.05) is 30.4 Å². The van der Waals surface area contributed by atoms with Crippen molar-refractivity contribution in [3.05, 3.63) is 47.8 Å². The van der Waals surface area contributed by atoms with Gasteiger partial charge >= 0.3 is 0 Å². The molecule has 2 heteroatoms. The lowest BCUT2D eigenvalue weighted by Crippen LogP contribution is -2.02. The molecule has 0 radical (unpaired) electrons. The molecule has 0 fully saturated rings. The highest BCUT2D eigenvalue weighted by atomic mass is 19.1. The highest BCUT2D eigenvalue weighted by molar-refractivity contribution is 5.28. The van der Waals surface area contributed by atoms with Gasteiger partial charge in [0.15, 0.2) is 0 Å². The van der Waals surface area contributed by atoms with Crippen molar-refractivity contribution in [2.45, 2.75) is 18.4 Å². The van der Waals surface area contributed by atoms with Crippen LogP contribution in [0.25, 0.3) is 0 Å². The molecule has 0 unspecified atom stereocenters. The Hall–Kier alpha value is -1.15. The van der Waals surface area contributed by atoms with Crippen LogP contribution in [0.4, 0.5) is 4.39 Å². The molecule has 0 bridgehead atoms. The van der Waals surface area contributed by atoms with Crippen molar-refractivity contribution < 1.29 is 9.50 Å². The van der Waals surface area contributed by atoms with E-state index in [2.05, 4.69) is 0 Å². The summed E-state index contributed by atoms with van der Waals surface area (Å²) >= 11 is 0. The third-order valence-electron chi connectivity index (χ3n) is 2.37. The smallest absolute Gasteiger partial charge is 0.126 e. The second-order valence-electron chi connectivity index (χ2n) is 3.32. The van der Waals surface area contributed by atoms with Crippen molar-refractivity contribution in [1.82, 2.24) is 0 Å². The Labute approximate surface area is 76.5 Å². The zero-order chi connectivity index (χ0) is 9.26. The molecule has 1 nitrogen and oxygen atoms in total. The molecule has 2 atom stereocenters. The Balaban J connectivity index is 2.27. The number of rotatable bonds is 1. The molecule has 0 amide bonds. The minimum Gasteiger partial charge on any atom is -0.389 e. The monoisotopic (exact) mass is 178 g/mol. The van der Waals surface area contributed by atoms with E-state index in [1.807, 2.05) is 12.1 Å². The van der Waals surface area contributed by atoms with Crippen molar-refractivity contribution in [1.29, 1.82) is 0 Å². The fourth-order valence-corrected chi connectivity index (χ4v) is 1.69. The second-order valence-corrected chi connectivity index (χ2v) is 3.32. The maximum Gasteiger partial charge on any atom is 0.126 e. The molecule has 2 rings (SSSR count). The Morgan fingerprint density at radius 3 is 2.62 bits per heavy atom. The van der Waals surface area contributed by atoms with Gasteiger partial charge in [-0.2, -0.15) is 0 Å². The fraction of sp³-hybridized carbons (Fsp3) is 0.273. The molecule has 1 aliphatic carbocycles. The molecular formula is C11H11FO. The summed E-state index contributed by atoms with van der Waals surface area (Å²) < 4.78 is 13.3. The number of halogens is 1. The van der Waals surface area contributed by atoms with E-state index in [0.717, 1.165) is 0 Å². The summed E-state index contributed by atoms with van der Waals surface area (Å²) in [5, 5.41) is 9.24. The van der Waals surface area contributed by atoms with Crippen LogP contribution in [0.2, 0.25) is 0 Å². The van der Waals surface area contributed by atoms with Crippen LogP contribution in [0, 0.1) is 5.82 Å². The van der Waals surface area contributed by atoms with Crippen molar-refractivity contribution in [2.24, 2.45) is 0 Å². The first-order chi connectivity index (χ1) is 6.27. The zero-order valence-corrected chi connectivity index (χ0v) is 7.15. The summed E-state index contributed by atoms with van der Waals surface area (Å²) in [6, 6.07) is 6.71. The lowest BCUT2D eigenvalue weighted by molar-refractivity contribution is 0.218.